The fourth-order valence-corrected chi connectivity index (χ4v) is 4.10. The summed E-state index contributed by atoms with van der Waals surface area (Å²) in [4.78, 5) is 34.5. The van der Waals surface area contributed by atoms with E-state index >= 15 is 0 Å². The van der Waals surface area contributed by atoms with Crippen LogP contribution in [-0.4, -0.2) is 52.7 Å². The van der Waals surface area contributed by atoms with E-state index < -0.39 is 16.1 Å². The highest BCUT2D eigenvalue weighted by molar-refractivity contribution is 7.85. The number of fused-ring (bicyclic) bond motifs is 1. The summed E-state index contributed by atoms with van der Waals surface area (Å²) in [5, 5.41) is 6.55. The third kappa shape index (κ3) is 7.60. The fourth-order valence-electron chi connectivity index (χ4n) is 3.64. The number of aromatic nitrogens is 3. The maximum atomic E-state index is 13.5. The molecule has 0 atom stereocenters. The van der Waals surface area contributed by atoms with E-state index in [0.29, 0.717) is 44.9 Å². The summed E-state index contributed by atoms with van der Waals surface area (Å²) in [6.07, 6.45) is 3.80. The number of amides is 2. The number of methoxy groups -OCH3 is 1. The van der Waals surface area contributed by atoms with E-state index in [2.05, 4.69) is 20.6 Å². The Balaban J connectivity index is 0.000000810. The molecule has 4 aromatic rings. The van der Waals surface area contributed by atoms with E-state index in [-0.39, 0.29) is 28.4 Å². The standard InChI is InChI=1S/C24H22Cl2N6O3.CH4O3S/c1-12(2)32-10-15(20-22(27)28-11-29-23(20)32)21(33)13-4-7-19(35-3)18(8-13)31-24(34)30-17-6-5-14(25)9-16(17)26;1-5(2,3)4/h4-12H,1-3H3,(H2,27,28,29)(H2,30,31,34);1H3,(H,2,3,4). The first-order chi connectivity index (χ1) is 18.7. The molecule has 0 aliphatic rings. The monoisotopic (exact) mass is 608 g/mol. The highest BCUT2D eigenvalue weighted by Crippen LogP contribution is 2.32. The Hall–Kier alpha value is -3.91. The number of carbonyl (C=O) groups is 2. The highest BCUT2D eigenvalue weighted by Gasteiger charge is 2.22. The van der Waals surface area contributed by atoms with Crippen molar-refractivity contribution in [2.24, 2.45) is 0 Å². The first kappa shape index (κ1) is 30.6. The van der Waals surface area contributed by atoms with Crippen molar-refractivity contribution in [3.8, 4) is 5.75 Å². The number of ketones is 1. The van der Waals surface area contributed by atoms with E-state index in [1.807, 2.05) is 18.4 Å². The molecule has 5 N–H and O–H groups in total. The van der Waals surface area contributed by atoms with Crippen molar-refractivity contribution >= 4 is 73.4 Å². The van der Waals surface area contributed by atoms with Crippen LogP contribution in [0.3, 0.4) is 0 Å². The first-order valence-electron chi connectivity index (χ1n) is 11.5. The summed E-state index contributed by atoms with van der Waals surface area (Å²) >= 11 is 12.0. The molecular formula is C25H26Cl2N6O6S. The normalized spacial score (nSPS) is 11.1. The Morgan fingerprint density at radius 3 is 2.33 bits per heavy atom. The second-order valence-corrected chi connectivity index (χ2v) is 11.0. The van der Waals surface area contributed by atoms with Gasteiger partial charge >= 0.3 is 6.03 Å². The molecule has 40 heavy (non-hydrogen) atoms. The highest BCUT2D eigenvalue weighted by atomic mass is 35.5. The number of nitrogens with two attached hydrogens (primary N) is 1. The zero-order valence-corrected chi connectivity index (χ0v) is 24.1. The second-order valence-electron chi connectivity index (χ2n) is 8.68. The minimum atomic E-state index is -3.67. The van der Waals surface area contributed by atoms with Crippen LogP contribution in [0.1, 0.15) is 35.8 Å². The predicted octanol–water partition coefficient (Wildman–Crippen LogP) is 5.29. The number of nitrogens with one attached hydrogen (secondary N) is 2. The number of benzene rings is 2. The molecule has 2 aromatic heterocycles. The quantitative estimate of drug-likeness (QED) is 0.167. The Bertz CT molecular complexity index is 1680. The molecule has 4 rings (SSSR count). The van der Waals surface area contributed by atoms with E-state index in [1.54, 1.807) is 30.5 Å². The summed E-state index contributed by atoms with van der Waals surface area (Å²) in [7, 11) is -2.20. The number of ether oxygens (including phenoxy) is 1. The number of halogens is 2. The fraction of sp³-hybridized carbons (Fsp3) is 0.200. The van der Waals surface area contributed by atoms with Gasteiger partial charge in [0.15, 0.2) is 5.78 Å². The molecule has 0 aliphatic carbocycles. The molecule has 0 fully saturated rings. The minimum absolute atomic E-state index is 0.0461. The van der Waals surface area contributed by atoms with Gasteiger partial charge in [-0.3, -0.25) is 9.35 Å². The van der Waals surface area contributed by atoms with Crippen LogP contribution in [0.2, 0.25) is 10.0 Å². The van der Waals surface area contributed by atoms with Gasteiger partial charge in [0.1, 0.15) is 23.5 Å². The molecule has 2 aromatic carbocycles. The number of urea groups is 1. The number of anilines is 3. The van der Waals surface area contributed by atoms with Crippen molar-refractivity contribution in [3.63, 3.8) is 0 Å². The van der Waals surface area contributed by atoms with Crippen LogP contribution in [0.15, 0.2) is 48.9 Å². The van der Waals surface area contributed by atoms with E-state index in [9.17, 15) is 18.0 Å². The third-order valence-electron chi connectivity index (χ3n) is 5.33. The molecule has 0 radical (unpaired) electrons. The third-order valence-corrected chi connectivity index (χ3v) is 5.88. The average molecular weight is 609 g/mol. The molecule has 15 heteroatoms. The van der Waals surface area contributed by atoms with Crippen molar-refractivity contribution in [2.45, 2.75) is 19.9 Å². The lowest BCUT2D eigenvalue weighted by molar-refractivity contribution is 0.104. The molecular weight excluding hydrogens is 583 g/mol. The van der Waals surface area contributed by atoms with Gasteiger partial charge in [0.25, 0.3) is 10.1 Å². The Morgan fingerprint density at radius 2 is 1.73 bits per heavy atom. The molecule has 0 spiro atoms. The zero-order chi connectivity index (χ0) is 29.8. The Labute approximate surface area is 240 Å². The van der Waals surface area contributed by atoms with Crippen molar-refractivity contribution in [1.29, 1.82) is 0 Å². The molecule has 0 bridgehead atoms. The molecule has 0 saturated carbocycles. The number of rotatable bonds is 6. The largest absolute Gasteiger partial charge is 0.495 e. The summed E-state index contributed by atoms with van der Waals surface area (Å²) in [6, 6.07) is 8.91. The van der Waals surface area contributed by atoms with Crippen LogP contribution >= 0.6 is 23.2 Å². The van der Waals surface area contributed by atoms with Crippen LogP contribution in [-0.2, 0) is 10.1 Å². The van der Waals surface area contributed by atoms with Crippen molar-refractivity contribution in [1.82, 2.24) is 14.5 Å². The van der Waals surface area contributed by atoms with E-state index in [1.165, 1.54) is 25.6 Å². The SMILES string of the molecule is COc1ccc(C(=O)c2cn(C(C)C)c3ncnc(N)c23)cc1NC(=O)Nc1ccc(Cl)cc1Cl.CS(=O)(=O)O. The zero-order valence-electron chi connectivity index (χ0n) is 21.8. The Morgan fingerprint density at radius 1 is 1.07 bits per heavy atom. The van der Waals surface area contributed by atoms with Gasteiger partial charge in [-0.05, 0) is 50.2 Å². The molecule has 0 aliphatic heterocycles. The lowest BCUT2D eigenvalue weighted by Crippen LogP contribution is -2.20. The van der Waals surface area contributed by atoms with Crippen molar-refractivity contribution in [2.75, 3.05) is 29.7 Å². The average Bonchev–Trinajstić information content (AvgIpc) is 3.26. The lowest BCUT2D eigenvalue weighted by Gasteiger charge is -2.13. The smallest absolute Gasteiger partial charge is 0.323 e. The summed E-state index contributed by atoms with van der Waals surface area (Å²) in [6.45, 7) is 3.96. The molecule has 2 amide bonds. The van der Waals surface area contributed by atoms with Gasteiger partial charge in [0.05, 0.1) is 40.7 Å². The maximum Gasteiger partial charge on any atom is 0.323 e. The van der Waals surface area contributed by atoms with E-state index in [4.69, 9.17) is 38.2 Å². The summed E-state index contributed by atoms with van der Waals surface area (Å²) in [5.41, 5.74) is 8.01. The number of carbonyl (C=O) groups excluding carboxylic acids is 2. The van der Waals surface area contributed by atoms with Crippen molar-refractivity contribution < 1.29 is 27.3 Å². The molecule has 212 valence electrons. The molecule has 2 heterocycles. The molecule has 0 saturated heterocycles. The van der Waals surface area contributed by atoms with Gasteiger partial charge in [-0.25, -0.2) is 14.8 Å². The van der Waals surface area contributed by atoms with Gasteiger partial charge in [0, 0.05) is 22.8 Å². The van der Waals surface area contributed by atoms with Gasteiger partial charge in [-0.1, -0.05) is 23.2 Å². The van der Waals surface area contributed by atoms with Gasteiger partial charge < -0.3 is 25.7 Å². The summed E-state index contributed by atoms with van der Waals surface area (Å²) < 4.78 is 33.1. The Kier molecular flexibility index (Phi) is 9.58. The van der Waals surface area contributed by atoms with Crippen LogP contribution < -0.4 is 21.1 Å². The van der Waals surface area contributed by atoms with Crippen LogP contribution in [0.25, 0.3) is 11.0 Å². The van der Waals surface area contributed by atoms with Crippen LogP contribution in [0.4, 0.5) is 22.0 Å². The molecule has 0 unspecified atom stereocenters. The number of hydrogen-bond donors (Lipinski definition) is 4. The number of nitrogens with zero attached hydrogens (tertiary/aromatic N) is 3. The molecule has 12 nitrogen and oxygen atoms in total. The maximum absolute atomic E-state index is 13.5. The lowest BCUT2D eigenvalue weighted by atomic mass is 10.0. The van der Waals surface area contributed by atoms with Crippen LogP contribution in [0, 0.1) is 0 Å². The minimum Gasteiger partial charge on any atom is -0.495 e. The predicted molar refractivity (Wildman–Crippen MR) is 155 cm³/mol. The summed E-state index contributed by atoms with van der Waals surface area (Å²) in [5.74, 6) is 0.276. The number of hydrogen-bond acceptors (Lipinski definition) is 8. The first-order valence-corrected chi connectivity index (χ1v) is 14.1. The second kappa shape index (κ2) is 12.5. The van der Waals surface area contributed by atoms with Crippen LogP contribution in [0.5, 0.6) is 5.75 Å². The van der Waals surface area contributed by atoms with Gasteiger partial charge in [0.2, 0.25) is 0 Å². The van der Waals surface area contributed by atoms with E-state index in [0.717, 1.165) is 0 Å². The van der Waals surface area contributed by atoms with Crippen molar-refractivity contribution in [3.05, 3.63) is 70.1 Å². The van der Waals surface area contributed by atoms with Gasteiger partial charge in [-0.2, -0.15) is 8.42 Å². The topological polar surface area (TPSA) is 179 Å². The van der Waals surface area contributed by atoms with Gasteiger partial charge in [-0.15, -0.1) is 0 Å². The number of nitrogen functional groups attached to an aromatic ring is 1.